The van der Waals surface area contributed by atoms with Crippen molar-refractivity contribution in [2.24, 2.45) is 0 Å². The SMILES string of the molecule is CN1C(=O)C([N+](=O)[O-])C(/C=C/c2cccc(Oc3ccccc3)c2)=[N+](C)C1=O. The van der Waals surface area contributed by atoms with Crippen LogP contribution in [0.5, 0.6) is 11.5 Å². The van der Waals surface area contributed by atoms with Crippen molar-refractivity contribution in [1.82, 2.24) is 4.90 Å². The van der Waals surface area contributed by atoms with E-state index in [9.17, 15) is 19.7 Å². The molecule has 0 saturated carbocycles. The number of hydrogen-bond acceptors (Lipinski definition) is 5. The molecule has 142 valence electrons. The zero-order valence-electron chi connectivity index (χ0n) is 15.3. The molecule has 2 aromatic carbocycles. The van der Waals surface area contributed by atoms with E-state index in [1.165, 1.54) is 20.2 Å². The summed E-state index contributed by atoms with van der Waals surface area (Å²) < 4.78 is 6.87. The van der Waals surface area contributed by atoms with Crippen molar-refractivity contribution in [1.29, 1.82) is 0 Å². The fourth-order valence-corrected chi connectivity index (χ4v) is 2.81. The highest BCUT2D eigenvalue weighted by atomic mass is 16.6. The summed E-state index contributed by atoms with van der Waals surface area (Å²) in [6.45, 7) is 0. The van der Waals surface area contributed by atoms with Crippen LogP contribution in [0.4, 0.5) is 4.79 Å². The topological polar surface area (TPSA) is 92.8 Å². The predicted molar refractivity (Wildman–Crippen MR) is 102 cm³/mol. The van der Waals surface area contributed by atoms with Crippen LogP contribution in [0.3, 0.4) is 0 Å². The number of urea groups is 1. The third-order valence-corrected chi connectivity index (χ3v) is 4.30. The van der Waals surface area contributed by atoms with E-state index in [0.717, 1.165) is 9.48 Å². The van der Waals surface area contributed by atoms with Gasteiger partial charge in [0, 0.05) is 4.92 Å². The summed E-state index contributed by atoms with van der Waals surface area (Å²) in [6.07, 6.45) is 3.02. The molecule has 0 aliphatic carbocycles. The van der Waals surface area contributed by atoms with Gasteiger partial charge in [-0.05, 0) is 35.9 Å². The number of amides is 3. The number of imide groups is 1. The van der Waals surface area contributed by atoms with E-state index in [2.05, 4.69) is 0 Å². The average Bonchev–Trinajstić information content (AvgIpc) is 2.69. The van der Waals surface area contributed by atoms with Gasteiger partial charge in [-0.1, -0.05) is 36.4 Å². The van der Waals surface area contributed by atoms with E-state index in [0.29, 0.717) is 17.1 Å². The summed E-state index contributed by atoms with van der Waals surface area (Å²) in [5.41, 5.74) is 0.711. The van der Waals surface area contributed by atoms with E-state index in [1.54, 1.807) is 30.3 Å². The molecule has 0 fully saturated rings. The van der Waals surface area contributed by atoms with Gasteiger partial charge in [0.1, 0.15) is 11.5 Å². The Morgan fingerprint density at radius 3 is 2.43 bits per heavy atom. The minimum absolute atomic E-state index is 0.00693. The number of likely N-dealkylation sites (N-methyl/N-ethyl adjacent to an activating group) is 1. The molecule has 1 heterocycles. The Hall–Kier alpha value is -3.81. The highest BCUT2D eigenvalue weighted by Crippen LogP contribution is 2.22. The second kappa shape index (κ2) is 7.83. The van der Waals surface area contributed by atoms with Gasteiger partial charge in [0.25, 0.3) is 0 Å². The summed E-state index contributed by atoms with van der Waals surface area (Å²) >= 11 is 0. The average molecular weight is 380 g/mol. The van der Waals surface area contributed by atoms with Gasteiger partial charge in [-0.25, -0.2) is 4.79 Å². The molecular weight excluding hydrogens is 362 g/mol. The van der Waals surface area contributed by atoms with Crippen molar-refractivity contribution in [2.75, 3.05) is 14.1 Å². The second-order valence-electron chi connectivity index (χ2n) is 6.17. The maximum absolute atomic E-state index is 12.2. The number of rotatable bonds is 5. The Kier molecular flexibility index (Phi) is 5.30. The Balaban J connectivity index is 1.90. The number of carbonyl (C=O) groups excluding carboxylic acids is 2. The first-order valence-electron chi connectivity index (χ1n) is 8.45. The first-order chi connectivity index (χ1) is 13.4. The molecule has 3 rings (SSSR count). The molecule has 0 saturated heterocycles. The molecule has 28 heavy (non-hydrogen) atoms. The molecule has 0 aromatic heterocycles. The largest absolute Gasteiger partial charge is 0.500 e. The van der Waals surface area contributed by atoms with E-state index >= 15 is 0 Å². The van der Waals surface area contributed by atoms with Crippen LogP contribution in [-0.2, 0) is 4.79 Å². The number of hydrogen-bond donors (Lipinski definition) is 0. The maximum atomic E-state index is 12.2. The number of para-hydroxylation sites is 1. The van der Waals surface area contributed by atoms with Crippen molar-refractivity contribution < 1.29 is 23.8 Å². The number of benzene rings is 2. The zero-order valence-corrected chi connectivity index (χ0v) is 15.3. The Labute approximate surface area is 161 Å². The number of nitro groups is 1. The minimum Gasteiger partial charge on any atom is -0.457 e. The lowest BCUT2D eigenvalue weighted by Gasteiger charge is -2.18. The van der Waals surface area contributed by atoms with Gasteiger partial charge in [0.15, 0.2) is 5.71 Å². The van der Waals surface area contributed by atoms with Crippen molar-refractivity contribution >= 4 is 23.7 Å². The van der Waals surface area contributed by atoms with Gasteiger partial charge >= 0.3 is 18.0 Å². The normalized spacial score (nSPS) is 17.4. The number of carbonyl (C=O) groups is 2. The number of ether oxygens (including phenoxy) is 1. The van der Waals surface area contributed by atoms with Crippen LogP contribution in [0.25, 0.3) is 6.08 Å². The van der Waals surface area contributed by atoms with E-state index < -0.39 is 22.9 Å². The highest BCUT2D eigenvalue weighted by molar-refractivity contribution is 6.17. The quantitative estimate of drug-likeness (QED) is 0.452. The van der Waals surface area contributed by atoms with Gasteiger partial charge < -0.3 is 4.74 Å². The molecule has 0 bridgehead atoms. The molecule has 8 nitrogen and oxygen atoms in total. The second-order valence-corrected chi connectivity index (χ2v) is 6.17. The van der Waals surface area contributed by atoms with Gasteiger partial charge in [-0.15, -0.1) is 0 Å². The lowest BCUT2D eigenvalue weighted by molar-refractivity contribution is -0.509. The maximum Gasteiger partial charge on any atom is 0.500 e. The van der Waals surface area contributed by atoms with Crippen molar-refractivity contribution in [3.8, 4) is 11.5 Å². The van der Waals surface area contributed by atoms with Crippen LogP contribution in [0.1, 0.15) is 5.56 Å². The molecule has 1 unspecified atom stereocenters. The van der Waals surface area contributed by atoms with Crippen LogP contribution in [0, 0.1) is 10.1 Å². The van der Waals surface area contributed by atoms with Crippen LogP contribution in [0.15, 0.2) is 60.7 Å². The molecule has 1 atom stereocenters. The molecule has 1 aliphatic heterocycles. The fraction of sp³-hybridized carbons (Fsp3) is 0.150. The standard InChI is InChI=1S/C20H18N3O5/c1-21-17(18(23(26)27)19(24)22(2)20(21)25)12-11-14-7-6-10-16(13-14)28-15-8-4-3-5-9-15/h3-13,18H,1-2H3/q+1/b12-11+. The lowest BCUT2D eigenvalue weighted by Crippen LogP contribution is -2.57. The summed E-state index contributed by atoms with van der Waals surface area (Å²) in [5.74, 6) is 0.402. The van der Waals surface area contributed by atoms with Gasteiger partial charge in [0.2, 0.25) is 0 Å². The first-order valence-corrected chi connectivity index (χ1v) is 8.45. The molecule has 2 aromatic rings. The minimum atomic E-state index is -1.63. The molecule has 8 heteroatoms. The summed E-state index contributed by atoms with van der Waals surface area (Å²) in [6, 6.07) is 14.1. The molecule has 1 aliphatic rings. The third kappa shape index (κ3) is 3.80. The monoisotopic (exact) mass is 380 g/mol. The first kappa shape index (κ1) is 19.0. The lowest BCUT2D eigenvalue weighted by atomic mass is 10.1. The smallest absolute Gasteiger partial charge is 0.457 e. The van der Waals surface area contributed by atoms with Crippen molar-refractivity contribution in [3.05, 3.63) is 76.4 Å². The van der Waals surface area contributed by atoms with Gasteiger partial charge in [-0.3, -0.25) is 10.1 Å². The molecular formula is C20H18N3O5+. The number of nitrogens with zero attached hydrogens (tertiary/aromatic N) is 3. The van der Waals surface area contributed by atoms with E-state index in [4.69, 9.17) is 4.74 Å². The fourth-order valence-electron chi connectivity index (χ4n) is 2.81. The van der Waals surface area contributed by atoms with Crippen LogP contribution in [0.2, 0.25) is 0 Å². The predicted octanol–water partition coefficient (Wildman–Crippen LogP) is 2.81. The zero-order chi connectivity index (χ0) is 20.3. The Morgan fingerprint density at radius 2 is 1.75 bits per heavy atom. The van der Waals surface area contributed by atoms with Crippen molar-refractivity contribution in [2.45, 2.75) is 6.04 Å². The third-order valence-electron chi connectivity index (χ3n) is 4.30. The summed E-state index contributed by atoms with van der Waals surface area (Å²) in [4.78, 5) is 35.7. The van der Waals surface area contributed by atoms with Crippen LogP contribution < -0.4 is 4.74 Å². The van der Waals surface area contributed by atoms with E-state index in [-0.39, 0.29) is 5.71 Å². The van der Waals surface area contributed by atoms with Crippen LogP contribution in [-0.4, -0.2) is 52.2 Å². The highest BCUT2D eigenvalue weighted by Gasteiger charge is 2.51. The van der Waals surface area contributed by atoms with Gasteiger partial charge in [0.05, 0.1) is 14.1 Å². The summed E-state index contributed by atoms with van der Waals surface area (Å²) in [7, 11) is 2.62. The molecule has 0 spiro atoms. The van der Waals surface area contributed by atoms with Crippen molar-refractivity contribution in [3.63, 3.8) is 0 Å². The van der Waals surface area contributed by atoms with E-state index in [1.807, 2.05) is 30.3 Å². The van der Waals surface area contributed by atoms with Crippen LogP contribution >= 0.6 is 0 Å². The summed E-state index contributed by atoms with van der Waals surface area (Å²) in [5, 5.41) is 11.4. The Morgan fingerprint density at radius 1 is 1.07 bits per heavy atom. The Bertz CT molecular complexity index is 998. The molecule has 0 N–H and O–H groups in total. The molecule has 0 radical (unpaired) electrons. The van der Waals surface area contributed by atoms with Gasteiger partial charge in [-0.2, -0.15) is 14.3 Å². The molecule has 3 amide bonds.